The molecule has 0 aliphatic carbocycles. The topological polar surface area (TPSA) is 102 Å². The van der Waals surface area contributed by atoms with Crippen molar-refractivity contribution in [2.75, 3.05) is 11.3 Å². The second-order valence-corrected chi connectivity index (χ2v) is 9.06. The predicted molar refractivity (Wildman–Crippen MR) is 107 cm³/mol. The summed E-state index contributed by atoms with van der Waals surface area (Å²) in [4.78, 5) is 23.9. The fourth-order valence-electron chi connectivity index (χ4n) is 2.38. The Bertz CT molecular complexity index is 978. The highest BCUT2D eigenvalue weighted by Gasteiger charge is 2.19. The fourth-order valence-corrected chi connectivity index (χ4v) is 3.48. The number of nitrogens with one attached hydrogen (secondary N) is 2. The molecule has 1 amide bonds. The lowest BCUT2D eigenvalue weighted by molar-refractivity contribution is -0.125. The molecule has 7 nitrogen and oxygen atoms in total. The van der Waals surface area contributed by atoms with Crippen LogP contribution >= 0.6 is 0 Å². The largest absolute Gasteiger partial charge is 0.452 e. The maximum Gasteiger partial charge on any atom is 0.338 e. The smallest absolute Gasteiger partial charge is 0.338 e. The third-order valence-corrected chi connectivity index (χ3v) is 4.88. The molecular formula is C20H24N2O5S. The number of ether oxygens (including phenoxy) is 1. The summed E-state index contributed by atoms with van der Waals surface area (Å²) in [7, 11) is -3.88. The number of hydrogen-bond donors (Lipinski definition) is 2. The molecule has 2 aromatic carbocycles. The van der Waals surface area contributed by atoms with Crippen LogP contribution in [0.25, 0.3) is 0 Å². The van der Waals surface area contributed by atoms with E-state index in [1.807, 2.05) is 33.8 Å². The highest BCUT2D eigenvalue weighted by Crippen LogP contribution is 2.18. The van der Waals surface area contributed by atoms with E-state index in [4.69, 9.17) is 4.74 Å². The minimum atomic E-state index is -3.88. The van der Waals surface area contributed by atoms with Crippen LogP contribution in [0.2, 0.25) is 0 Å². The van der Waals surface area contributed by atoms with E-state index in [-0.39, 0.29) is 10.5 Å². The summed E-state index contributed by atoms with van der Waals surface area (Å²) in [6.45, 7) is 6.83. The number of carbonyl (C=O) groups excluding carboxylic acids is 2. The lowest BCUT2D eigenvalue weighted by atomic mass is 10.1. The van der Waals surface area contributed by atoms with Crippen molar-refractivity contribution in [3.8, 4) is 0 Å². The molecule has 2 N–H and O–H groups in total. The van der Waals surface area contributed by atoms with Gasteiger partial charge in [-0.2, -0.15) is 0 Å². The number of hydrogen-bond acceptors (Lipinski definition) is 5. The van der Waals surface area contributed by atoms with Crippen molar-refractivity contribution in [1.29, 1.82) is 0 Å². The van der Waals surface area contributed by atoms with Gasteiger partial charge in [0.2, 0.25) is 0 Å². The average molecular weight is 404 g/mol. The predicted octanol–water partition coefficient (Wildman–Crippen LogP) is 2.87. The lowest BCUT2D eigenvalue weighted by Gasteiger charge is -2.20. The van der Waals surface area contributed by atoms with Gasteiger partial charge in [-0.25, -0.2) is 13.2 Å². The van der Waals surface area contributed by atoms with Crippen molar-refractivity contribution in [3.63, 3.8) is 0 Å². The molecule has 28 heavy (non-hydrogen) atoms. The first-order valence-electron chi connectivity index (χ1n) is 8.64. The highest BCUT2D eigenvalue weighted by atomic mass is 32.2. The molecule has 2 rings (SSSR count). The summed E-state index contributed by atoms with van der Waals surface area (Å²) in [5, 5.41) is 2.67. The number of rotatable bonds is 6. The van der Waals surface area contributed by atoms with Crippen LogP contribution in [0.3, 0.4) is 0 Å². The zero-order valence-corrected chi connectivity index (χ0v) is 17.1. The summed E-state index contributed by atoms with van der Waals surface area (Å²) in [6, 6.07) is 12.4. The van der Waals surface area contributed by atoms with Gasteiger partial charge in [-0.15, -0.1) is 0 Å². The SMILES string of the molecule is Cc1cccc(NS(=O)(=O)c2cccc(C(=O)OCC(=O)NC(C)(C)C)c2)c1. The maximum atomic E-state index is 12.6. The molecule has 0 unspecified atom stereocenters. The second kappa shape index (κ2) is 8.43. The Morgan fingerprint density at radius 2 is 1.71 bits per heavy atom. The first kappa shape index (κ1) is 21.4. The van der Waals surface area contributed by atoms with Crippen molar-refractivity contribution in [2.45, 2.75) is 38.1 Å². The molecule has 0 bridgehead atoms. The molecule has 0 aliphatic rings. The van der Waals surface area contributed by atoms with Gasteiger partial charge < -0.3 is 10.1 Å². The molecule has 0 fully saturated rings. The zero-order valence-electron chi connectivity index (χ0n) is 16.3. The third-order valence-electron chi connectivity index (χ3n) is 3.50. The molecule has 0 heterocycles. The highest BCUT2D eigenvalue weighted by molar-refractivity contribution is 7.92. The van der Waals surface area contributed by atoms with Gasteiger partial charge in [-0.05, 0) is 63.6 Å². The van der Waals surface area contributed by atoms with Crippen LogP contribution in [0.15, 0.2) is 53.4 Å². The Labute approximate surface area is 165 Å². The minimum absolute atomic E-state index is 0.0377. The Hall–Kier alpha value is -2.87. The van der Waals surface area contributed by atoms with Gasteiger partial charge in [0.15, 0.2) is 6.61 Å². The van der Waals surface area contributed by atoms with E-state index in [0.717, 1.165) is 5.56 Å². The maximum absolute atomic E-state index is 12.6. The minimum Gasteiger partial charge on any atom is -0.452 e. The van der Waals surface area contributed by atoms with Gasteiger partial charge in [0.05, 0.1) is 10.5 Å². The second-order valence-electron chi connectivity index (χ2n) is 7.38. The van der Waals surface area contributed by atoms with Crippen molar-refractivity contribution in [1.82, 2.24) is 5.32 Å². The number of esters is 1. The number of aryl methyl sites for hydroxylation is 1. The van der Waals surface area contributed by atoms with E-state index >= 15 is 0 Å². The van der Waals surface area contributed by atoms with Gasteiger partial charge in [0, 0.05) is 11.2 Å². The zero-order chi connectivity index (χ0) is 20.9. The van der Waals surface area contributed by atoms with Crippen molar-refractivity contribution < 1.29 is 22.7 Å². The van der Waals surface area contributed by atoms with Crippen molar-refractivity contribution in [2.24, 2.45) is 0 Å². The summed E-state index contributed by atoms with van der Waals surface area (Å²) >= 11 is 0. The van der Waals surface area contributed by atoms with E-state index in [1.165, 1.54) is 24.3 Å². The molecule has 0 aromatic heterocycles. The van der Waals surface area contributed by atoms with E-state index < -0.39 is 34.0 Å². The van der Waals surface area contributed by atoms with E-state index in [9.17, 15) is 18.0 Å². The van der Waals surface area contributed by atoms with Crippen LogP contribution in [0, 0.1) is 6.92 Å². The van der Waals surface area contributed by atoms with Crippen LogP contribution in [0.1, 0.15) is 36.7 Å². The van der Waals surface area contributed by atoms with Crippen molar-refractivity contribution >= 4 is 27.6 Å². The van der Waals surface area contributed by atoms with Crippen LogP contribution in [-0.2, 0) is 19.6 Å². The number of benzene rings is 2. The quantitative estimate of drug-likeness (QED) is 0.721. The average Bonchev–Trinajstić information content (AvgIpc) is 2.58. The molecule has 0 radical (unpaired) electrons. The van der Waals surface area contributed by atoms with Gasteiger partial charge in [0.25, 0.3) is 15.9 Å². The normalized spacial score (nSPS) is 11.6. The summed E-state index contributed by atoms with van der Waals surface area (Å²) < 4.78 is 32.6. The van der Waals surface area contributed by atoms with Gasteiger partial charge in [0.1, 0.15) is 0 Å². The Morgan fingerprint density at radius 1 is 1.04 bits per heavy atom. The summed E-state index contributed by atoms with van der Waals surface area (Å²) in [6.07, 6.45) is 0. The number of amides is 1. The van der Waals surface area contributed by atoms with Crippen LogP contribution < -0.4 is 10.0 Å². The standard InChI is InChI=1S/C20H24N2O5S/c1-14-7-5-9-16(11-14)22-28(25,26)17-10-6-8-15(12-17)19(24)27-13-18(23)21-20(2,3)4/h5-12,22H,13H2,1-4H3,(H,21,23). The van der Waals surface area contributed by atoms with E-state index in [1.54, 1.807) is 18.2 Å². The van der Waals surface area contributed by atoms with Crippen LogP contribution in [-0.4, -0.2) is 32.4 Å². The van der Waals surface area contributed by atoms with Gasteiger partial charge in [-0.1, -0.05) is 18.2 Å². The van der Waals surface area contributed by atoms with Crippen molar-refractivity contribution in [3.05, 3.63) is 59.7 Å². The Kier molecular flexibility index (Phi) is 6.45. The molecular weight excluding hydrogens is 380 g/mol. The fraction of sp³-hybridized carbons (Fsp3) is 0.300. The molecule has 0 saturated heterocycles. The van der Waals surface area contributed by atoms with E-state index in [2.05, 4.69) is 10.0 Å². The van der Waals surface area contributed by atoms with Crippen LogP contribution in [0.5, 0.6) is 0 Å². The van der Waals surface area contributed by atoms with Crippen LogP contribution in [0.4, 0.5) is 5.69 Å². The molecule has 8 heteroatoms. The molecule has 0 aliphatic heterocycles. The third kappa shape index (κ3) is 6.38. The monoisotopic (exact) mass is 404 g/mol. The number of sulfonamides is 1. The number of carbonyl (C=O) groups is 2. The Morgan fingerprint density at radius 3 is 2.36 bits per heavy atom. The first-order valence-corrected chi connectivity index (χ1v) is 10.1. The number of anilines is 1. The lowest BCUT2D eigenvalue weighted by Crippen LogP contribution is -2.42. The molecule has 0 atom stereocenters. The van der Waals surface area contributed by atoms with Gasteiger partial charge >= 0.3 is 5.97 Å². The van der Waals surface area contributed by atoms with E-state index in [0.29, 0.717) is 5.69 Å². The summed E-state index contributed by atoms with van der Waals surface area (Å²) in [5.41, 5.74) is 0.924. The summed E-state index contributed by atoms with van der Waals surface area (Å²) in [5.74, 6) is -1.22. The first-order chi connectivity index (χ1) is 13.0. The molecule has 2 aromatic rings. The van der Waals surface area contributed by atoms with Gasteiger partial charge in [-0.3, -0.25) is 9.52 Å². The Balaban J connectivity index is 2.10. The molecule has 0 saturated carbocycles. The molecule has 0 spiro atoms. The molecule has 150 valence electrons.